The maximum atomic E-state index is 12.2. The summed E-state index contributed by atoms with van der Waals surface area (Å²) in [6, 6.07) is 12.4. The summed E-state index contributed by atoms with van der Waals surface area (Å²) in [7, 11) is 1.65. The molecule has 0 unspecified atom stereocenters. The molecule has 3 rings (SSSR count). The van der Waals surface area contributed by atoms with Crippen molar-refractivity contribution in [3.8, 4) is 5.75 Å². The highest BCUT2D eigenvalue weighted by Crippen LogP contribution is 2.33. The Balaban J connectivity index is 1.50. The van der Waals surface area contributed by atoms with Crippen molar-refractivity contribution in [2.24, 2.45) is 0 Å². The van der Waals surface area contributed by atoms with Crippen LogP contribution in [-0.2, 0) is 11.3 Å². The number of amides is 1. The van der Waals surface area contributed by atoms with E-state index in [1.807, 2.05) is 24.3 Å². The molecule has 5 heteroatoms. The van der Waals surface area contributed by atoms with E-state index in [1.165, 1.54) is 4.88 Å². The molecule has 122 valence electrons. The molecule has 2 aromatic rings. The number of methoxy groups -OCH3 is 1. The van der Waals surface area contributed by atoms with Gasteiger partial charge in [0.1, 0.15) is 5.75 Å². The van der Waals surface area contributed by atoms with E-state index in [0.29, 0.717) is 19.1 Å². The van der Waals surface area contributed by atoms with Gasteiger partial charge in [-0.2, -0.15) is 0 Å². The van der Waals surface area contributed by atoms with Gasteiger partial charge in [-0.15, -0.1) is 11.3 Å². The summed E-state index contributed by atoms with van der Waals surface area (Å²) in [6.45, 7) is 2.03. The molecule has 1 N–H and O–H groups in total. The Morgan fingerprint density at radius 3 is 2.87 bits per heavy atom. The minimum atomic E-state index is 0.0873. The molecule has 0 spiro atoms. The number of likely N-dealkylation sites (tertiary alicyclic amines) is 1. The van der Waals surface area contributed by atoms with Crippen molar-refractivity contribution in [2.45, 2.75) is 25.4 Å². The zero-order chi connectivity index (χ0) is 16.1. The molecule has 1 aromatic carbocycles. The van der Waals surface area contributed by atoms with Gasteiger partial charge in [0.15, 0.2) is 0 Å². The normalized spacial score (nSPS) is 18.0. The summed E-state index contributed by atoms with van der Waals surface area (Å²) >= 11 is 1.78. The van der Waals surface area contributed by atoms with Crippen LogP contribution in [0, 0.1) is 0 Å². The monoisotopic (exact) mass is 330 g/mol. The first-order valence-corrected chi connectivity index (χ1v) is 8.81. The molecule has 1 saturated heterocycles. The zero-order valence-electron chi connectivity index (χ0n) is 13.3. The lowest BCUT2D eigenvalue weighted by atomic mass is 10.2. The van der Waals surface area contributed by atoms with Crippen LogP contribution in [0.3, 0.4) is 0 Å². The maximum absolute atomic E-state index is 12.2. The van der Waals surface area contributed by atoms with Crippen molar-refractivity contribution in [2.75, 3.05) is 20.2 Å². The standard InChI is InChI=1S/C18H22N2O2S/c1-22-15-8-6-14(7-9-15)12-19-18(21)13-20-10-2-4-16(20)17-5-3-11-23-17/h3,5-9,11,16H,2,4,10,12-13H2,1H3,(H,19,21)/t16-/m0/s1. The van der Waals surface area contributed by atoms with Crippen LogP contribution in [-0.4, -0.2) is 31.0 Å². The highest BCUT2D eigenvalue weighted by Gasteiger charge is 2.27. The molecule has 0 bridgehead atoms. The number of carbonyl (C=O) groups excluding carboxylic acids is 1. The van der Waals surface area contributed by atoms with Crippen molar-refractivity contribution in [1.82, 2.24) is 10.2 Å². The Morgan fingerprint density at radius 1 is 1.35 bits per heavy atom. The molecule has 0 aliphatic carbocycles. The van der Waals surface area contributed by atoms with Gasteiger partial charge in [0, 0.05) is 17.5 Å². The van der Waals surface area contributed by atoms with E-state index < -0.39 is 0 Å². The number of nitrogens with zero attached hydrogens (tertiary/aromatic N) is 1. The quantitative estimate of drug-likeness (QED) is 0.884. The second-order valence-electron chi connectivity index (χ2n) is 5.77. The molecule has 2 heterocycles. The van der Waals surface area contributed by atoms with E-state index >= 15 is 0 Å². The number of hydrogen-bond acceptors (Lipinski definition) is 4. The number of hydrogen-bond donors (Lipinski definition) is 1. The number of thiophene rings is 1. The summed E-state index contributed by atoms with van der Waals surface area (Å²) in [5, 5.41) is 5.12. The minimum absolute atomic E-state index is 0.0873. The van der Waals surface area contributed by atoms with Crippen molar-refractivity contribution in [3.63, 3.8) is 0 Å². The Kier molecular flexibility index (Phi) is 5.31. The van der Waals surface area contributed by atoms with Gasteiger partial charge >= 0.3 is 0 Å². The molecule has 23 heavy (non-hydrogen) atoms. The third-order valence-corrected chi connectivity index (χ3v) is 5.20. The Hall–Kier alpha value is -1.85. The van der Waals surface area contributed by atoms with Gasteiger partial charge in [-0.1, -0.05) is 18.2 Å². The average Bonchev–Trinajstić information content (AvgIpc) is 3.24. The van der Waals surface area contributed by atoms with E-state index in [2.05, 4.69) is 27.7 Å². The molecule has 1 aliphatic heterocycles. The molecule has 1 amide bonds. The maximum Gasteiger partial charge on any atom is 0.234 e. The van der Waals surface area contributed by atoms with Crippen LogP contribution in [0.15, 0.2) is 41.8 Å². The largest absolute Gasteiger partial charge is 0.497 e. The van der Waals surface area contributed by atoms with Crippen LogP contribution >= 0.6 is 11.3 Å². The van der Waals surface area contributed by atoms with Gasteiger partial charge in [0.05, 0.1) is 13.7 Å². The van der Waals surface area contributed by atoms with Crippen molar-refractivity contribution < 1.29 is 9.53 Å². The number of carbonyl (C=O) groups is 1. The minimum Gasteiger partial charge on any atom is -0.497 e. The van der Waals surface area contributed by atoms with E-state index in [0.717, 1.165) is 30.7 Å². The van der Waals surface area contributed by atoms with Crippen LogP contribution < -0.4 is 10.1 Å². The van der Waals surface area contributed by atoms with Crippen LogP contribution in [0.1, 0.15) is 29.3 Å². The highest BCUT2D eigenvalue weighted by atomic mass is 32.1. The van der Waals surface area contributed by atoms with Crippen LogP contribution in [0.2, 0.25) is 0 Å². The van der Waals surface area contributed by atoms with Gasteiger partial charge in [0.25, 0.3) is 0 Å². The second kappa shape index (κ2) is 7.62. The van der Waals surface area contributed by atoms with Crippen molar-refractivity contribution in [1.29, 1.82) is 0 Å². The van der Waals surface area contributed by atoms with Crippen molar-refractivity contribution in [3.05, 3.63) is 52.2 Å². The van der Waals surface area contributed by atoms with Crippen molar-refractivity contribution >= 4 is 17.2 Å². The fourth-order valence-corrected chi connectivity index (χ4v) is 3.90. The molecule has 4 nitrogen and oxygen atoms in total. The molecule has 0 radical (unpaired) electrons. The molecule has 1 fully saturated rings. The lowest BCUT2D eigenvalue weighted by Crippen LogP contribution is -2.36. The summed E-state index contributed by atoms with van der Waals surface area (Å²) in [6.07, 6.45) is 2.31. The SMILES string of the molecule is COc1ccc(CNC(=O)CN2CCC[C@H]2c2cccs2)cc1. The lowest BCUT2D eigenvalue weighted by Gasteiger charge is -2.22. The van der Waals surface area contributed by atoms with Gasteiger partial charge < -0.3 is 10.1 Å². The number of rotatable bonds is 6. The average molecular weight is 330 g/mol. The van der Waals surface area contributed by atoms with Gasteiger partial charge in [0.2, 0.25) is 5.91 Å². The molecule has 0 saturated carbocycles. The summed E-state index contributed by atoms with van der Waals surface area (Å²) in [5.41, 5.74) is 1.08. The molecule has 1 aromatic heterocycles. The lowest BCUT2D eigenvalue weighted by molar-refractivity contribution is -0.122. The Morgan fingerprint density at radius 2 is 2.17 bits per heavy atom. The summed E-state index contributed by atoms with van der Waals surface area (Å²) in [4.78, 5) is 15.9. The molecular weight excluding hydrogens is 308 g/mol. The van der Waals surface area contributed by atoms with E-state index in [9.17, 15) is 4.79 Å². The third-order valence-electron chi connectivity index (χ3n) is 4.23. The van der Waals surface area contributed by atoms with E-state index in [1.54, 1.807) is 18.4 Å². The highest BCUT2D eigenvalue weighted by molar-refractivity contribution is 7.10. The first kappa shape index (κ1) is 16.0. The number of ether oxygens (including phenoxy) is 1. The van der Waals surface area contributed by atoms with E-state index in [-0.39, 0.29) is 5.91 Å². The zero-order valence-corrected chi connectivity index (χ0v) is 14.1. The van der Waals surface area contributed by atoms with Gasteiger partial charge in [-0.3, -0.25) is 9.69 Å². The summed E-state index contributed by atoms with van der Waals surface area (Å²) < 4.78 is 5.14. The topological polar surface area (TPSA) is 41.6 Å². The molecule has 1 aliphatic rings. The fraction of sp³-hybridized carbons (Fsp3) is 0.389. The first-order valence-electron chi connectivity index (χ1n) is 7.93. The Bertz CT molecular complexity index is 625. The smallest absolute Gasteiger partial charge is 0.234 e. The third kappa shape index (κ3) is 4.12. The Labute approximate surface area is 141 Å². The predicted molar refractivity (Wildman–Crippen MR) is 92.7 cm³/mol. The second-order valence-corrected chi connectivity index (χ2v) is 6.75. The van der Waals surface area contributed by atoms with Gasteiger partial charge in [-0.25, -0.2) is 0 Å². The molecule has 1 atom stereocenters. The van der Waals surface area contributed by atoms with Gasteiger partial charge in [-0.05, 0) is 48.5 Å². The fourth-order valence-electron chi connectivity index (χ4n) is 3.00. The molecular formula is C18H22N2O2S. The van der Waals surface area contributed by atoms with Crippen LogP contribution in [0.4, 0.5) is 0 Å². The van der Waals surface area contributed by atoms with Crippen LogP contribution in [0.5, 0.6) is 5.75 Å². The summed E-state index contributed by atoms with van der Waals surface area (Å²) in [5.74, 6) is 0.917. The van der Waals surface area contributed by atoms with Crippen LogP contribution in [0.25, 0.3) is 0 Å². The predicted octanol–water partition coefficient (Wildman–Crippen LogP) is 3.21. The number of nitrogens with one attached hydrogen (secondary N) is 1. The number of benzene rings is 1. The first-order chi connectivity index (χ1) is 11.3. The van der Waals surface area contributed by atoms with E-state index in [4.69, 9.17) is 4.74 Å².